The molecule has 10 atom stereocenters. The van der Waals surface area contributed by atoms with Crippen molar-refractivity contribution in [1.82, 2.24) is 0 Å². The molecule has 2 saturated heterocycles. The Kier molecular flexibility index (Phi) is 14.4. The lowest BCUT2D eigenvalue weighted by Crippen LogP contribution is -2.59. The minimum Gasteiger partial charge on any atom is -0.387 e. The monoisotopic (exact) mass is 622 g/mol. The SMILES string of the molecule is O[C@H]1[C@@H](O)[C@@H](COCc2ccccc2)O[C@@H](OCCCCCCO[C@@H]2O[C@H](COCc3ccccc3)[C@H](O)[C@H](O)[C@H]2O)[C@@H]1O. The maximum Gasteiger partial charge on any atom is 0.186 e. The molecule has 2 aromatic carbocycles. The number of ether oxygens (including phenoxy) is 6. The summed E-state index contributed by atoms with van der Waals surface area (Å²) in [6.07, 6.45) is -9.34. The van der Waals surface area contributed by atoms with Crippen LogP contribution in [0.2, 0.25) is 0 Å². The molecule has 2 aliphatic heterocycles. The molecule has 0 saturated carbocycles. The Bertz CT molecular complexity index is 963. The highest BCUT2D eigenvalue weighted by molar-refractivity contribution is 5.14. The predicted octanol–water partition coefficient (Wildman–Crippen LogP) is 0.629. The third-order valence-corrected chi connectivity index (χ3v) is 7.73. The summed E-state index contributed by atoms with van der Waals surface area (Å²) >= 11 is 0. The molecule has 0 radical (unpaired) electrons. The highest BCUT2D eigenvalue weighted by Crippen LogP contribution is 2.24. The van der Waals surface area contributed by atoms with E-state index in [1.165, 1.54) is 0 Å². The molecule has 2 heterocycles. The van der Waals surface area contributed by atoms with Gasteiger partial charge < -0.3 is 59.1 Å². The molecule has 0 bridgehead atoms. The van der Waals surface area contributed by atoms with Crippen molar-refractivity contribution >= 4 is 0 Å². The summed E-state index contributed by atoms with van der Waals surface area (Å²) in [5, 5.41) is 61.8. The van der Waals surface area contributed by atoms with Crippen LogP contribution >= 0.6 is 0 Å². The first-order valence-electron chi connectivity index (χ1n) is 15.2. The first-order chi connectivity index (χ1) is 21.3. The second kappa shape index (κ2) is 18.2. The number of unbranched alkanes of at least 4 members (excludes halogenated alkanes) is 3. The van der Waals surface area contributed by atoms with Crippen molar-refractivity contribution in [2.24, 2.45) is 0 Å². The van der Waals surface area contributed by atoms with Crippen molar-refractivity contribution in [1.29, 1.82) is 0 Å². The molecule has 44 heavy (non-hydrogen) atoms. The average Bonchev–Trinajstić information content (AvgIpc) is 3.04. The minimum atomic E-state index is -1.43. The summed E-state index contributed by atoms with van der Waals surface area (Å²) in [5.74, 6) is 0. The fourth-order valence-electron chi connectivity index (χ4n) is 5.07. The third-order valence-electron chi connectivity index (χ3n) is 7.73. The van der Waals surface area contributed by atoms with E-state index in [4.69, 9.17) is 28.4 Å². The van der Waals surface area contributed by atoms with Gasteiger partial charge in [-0.25, -0.2) is 0 Å². The zero-order valence-corrected chi connectivity index (χ0v) is 24.8. The Morgan fingerprint density at radius 3 is 1.25 bits per heavy atom. The average molecular weight is 623 g/mol. The molecule has 4 rings (SSSR count). The molecular formula is C32H46O12. The number of benzene rings is 2. The normalized spacial score (nSPS) is 32.5. The van der Waals surface area contributed by atoms with E-state index in [9.17, 15) is 30.6 Å². The van der Waals surface area contributed by atoms with E-state index in [1.54, 1.807) is 0 Å². The van der Waals surface area contributed by atoms with Crippen LogP contribution in [-0.2, 0) is 41.6 Å². The molecule has 6 N–H and O–H groups in total. The van der Waals surface area contributed by atoms with Crippen molar-refractivity contribution in [2.75, 3.05) is 26.4 Å². The highest BCUT2D eigenvalue weighted by atomic mass is 16.7. The lowest BCUT2D eigenvalue weighted by Gasteiger charge is -2.40. The molecule has 0 amide bonds. The molecule has 0 aliphatic carbocycles. The maximum atomic E-state index is 10.3. The first kappa shape index (κ1) is 34.8. The van der Waals surface area contributed by atoms with E-state index in [0.717, 1.165) is 24.0 Å². The second-order valence-electron chi connectivity index (χ2n) is 11.2. The van der Waals surface area contributed by atoms with Gasteiger partial charge >= 0.3 is 0 Å². The van der Waals surface area contributed by atoms with Crippen LogP contribution in [0.3, 0.4) is 0 Å². The highest BCUT2D eigenvalue weighted by Gasteiger charge is 2.45. The van der Waals surface area contributed by atoms with Gasteiger partial charge in [-0.2, -0.15) is 0 Å². The number of hydrogen-bond donors (Lipinski definition) is 6. The van der Waals surface area contributed by atoms with E-state index < -0.39 is 61.4 Å². The van der Waals surface area contributed by atoms with Crippen LogP contribution in [0.5, 0.6) is 0 Å². The standard InChI is InChI=1S/C32H46O12/c33-25-23(19-39-17-21-11-5-3-6-12-21)43-31(29(37)27(25)35)41-15-9-1-2-10-16-42-32-30(38)28(36)26(34)24(44-32)20-40-18-22-13-7-4-8-14-22/h3-8,11-14,23-38H,1-2,9-10,15-20H2/t23-,24-,25+,26+,27+,28+,29-,30-,31-,32-/m1/s1. The van der Waals surface area contributed by atoms with Gasteiger partial charge in [-0.05, 0) is 24.0 Å². The molecule has 2 fully saturated rings. The van der Waals surface area contributed by atoms with Crippen molar-refractivity contribution in [3.63, 3.8) is 0 Å². The second-order valence-corrected chi connectivity index (χ2v) is 11.2. The van der Waals surface area contributed by atoms with Crippen LogP contribution in [0, 0.1) is 0 Å². The summed E-state index contributed by atoms with van der Waals surface area (Å²) in [6.45, 7) is 1.22. The van der Waals surface area contributed by atoms with Gasteiger partial charge in [-0.3, -0.25) is 0 Å². The topological polar surface area (TPSA) is 177 Å². The van der Waals surface area contributed by atoms with Crippen LogP contribution in [0.15, 0.2) is 60.7 Å². The molecule has 2 aromatic rings. The number of aliphatic hydroxyl groups excluding tert-OH is 6. The van der Waals surface area contributed by atoms with Crippen molar-refractivity contribution in [3.05, 3.63) is 71.8 Å². The van der Waals surface area contributed by atoms with Gasteiger partial charge in [-0.1, -0.05) is 73.5 Å². The first-order valence-corrected chi connectivity index (χ1v) is 15.2. The lowest BCUT2D eigenvalue weighted by molar-refractivity contribution is -0.303. The lowest BCUT2D eigenvalue weighted by atomic mass is 9.99. The third kappa shape index (κ3) is 10.2. The number of aliphatic hydroxyl groups is 6. The van der Waals surface area contributed by atoms with Crippen LogP contribution in [0.25, 0.3) is 0 Å². The van der Waals surface area contributed by atoms with E-state index in [1.807, 2.05) is 60.7 Å². The summed E-state index contributed by atoms with van der Waals surface area (Å²) in [5.41, 5.74) is 1.92. The number of rotatable bonds is 17. The summed E-state index contributed by atoms with van der Waals surface area (Å²) < 4.78 is 34.0. The Balaban J connectivity index is 1.09. The Morgan fingerprint density at radius 1 is 0.477 bits per heavy atom. The summed E-state index contributed by atoms with van der Waals surface area (Å²) in [7, 11) is 0. The van der Waals surface area contributed by atoms with Gasteiger partial charge in [-0.15, -0.1) is 0 Å². The Labute approximate surface area is 257 Å². The van der Waals surface area contributed by atoms with E-state index >= 15 is 0 Å². The Hall–Kier alpha value is -2.04. The minimum absolute atomic E-state index is 0.0244. The zero-order chi connectivity index (χ0) is 31.3. The maximum absolute atomic E-state index is 10.3. The van der Waals surface area contributed by atoms with Crippen LogP contribution in [0.1, 0.15) is 36.8 Å². The van der Waals surface area contributed by atoms with E-state index in [0.29, 0.717) is 26.1 Å². The van der Waals surface area contributed by atoms with Crippen molar-refractivity contribution < 1.29 is 59.1 Å². The quantitative estimate of drug-likeness (QED) is 0.136. The summed E-state index contributed by atoms with van der Waals surface area (Å²) in [6, 6.07) is 19.1. The largest absolute Gasteiger partial charge is 0.387 e. The Morgan fingerprint density at radius 2 is 0.864 bits per heavy atom. The molecule has 12 heteroatoms. The van der Waals surface area contributed by atoms with Crippen LogP contribution < -0.4 is 0 Å². The van der Waals surface area contributed by atoms with Gasteiger partial charge in [0.15, 0.2) is 12.6 Å². The van der Waals surface area contributed by atoms with E-state index in [2.05, 4.69) is 0 Å². The van der Waals surface area contributed by atoms with Crippen molar-refractivity contribution in [3.8, 4) is 0 Å². The van der Waals surface area contributed by atoms with Gasteiger partial charge in [0.25, 0.3) is 0 Å². The molecule has 2 aliphatic rings. The zero-order valence-electron chi connectivity index (χ0n) is 24.8. The van der Waals surface area contributed by atoms with Gasteiger partial charge in [0.05, 0.1) is 26.4 Å². The smallest absolute Gasteiger partial charge is 0.186 e. The van der Waals surface area contributed by atoms with E-state index in [-0.39, 0.29) is 26.4 Å². The number of hydrogen-bond acceptors (Lipinski definition) is 12. The van der Waals surface area contributed by atoms with Crippen LogP contribution in [0.4, 0.5) is 0 Å². The molecule has 0 unspecified atom stereocenters. The fourth-order valence-corrected chi connectivity index (χ4v) is 5.07. The van der Waals surface area contributed by atoms with Gasteiger partial charge in [0.1, 0.15) is 48.8 Å². The molecule has 0 aromatic heterocycles. The molecule has 246 valence electrons. The van der Waals surface area contributed by atoms with Gasteiger partial charge in [0.2, 0.25) is 0 Å². The molecule has 12 nitrogen and oxygen atoms in total. The van der Waals surface area contributed by atoms with Crippen LogP contribution in [-0.4, -0.2) is 118 Å². The van der Waals surface area contributed by atoms with Gasteiger partial charge in [0, 0.05) is 13.2 Å². The molecule has 0 spiro atoms. The predicted molar refractivity (Wildman–Crippen MR) is 156 cm³/mol. The summed E-state index contributed by atoms with van der Waals surface area (Å²) in [4.78, 5) is 0. The fraction of sp³-hybridized carbons (Fsp3) is 0.625. The van der Waals surface area contributed by atoms with Crippen molar-refractivity contribution in [2.45, 2.75) is 100 Å². The molecular weight excluding hydrogens is 576 g/mol.